The zero-order chi connectivity index (χ0) is 15.7. The van der Waals surface area contributed by atoms with Gasteiger partial charge in [-0.3, -0.25) is 9.69 Å². The third-order valence-electron chi connectivity index (χ3n) is 3.51. The third-order valence-corrected chi connectivity index (χ3v) is 3.51. The summed E-state index contributed by atoms with van der Waals surface area (Å²) in [6.07, 6.45) is 1.16. The van der Waals surface area contributed by atoms with E-state index in [1.54, 1.807) is 14.2 Å². The number of methoxy groups -OCH3 is 2. The highest BCUT2D eigenvalue weighted by atomic mass is 16.5. The molecule has 1 aliphatic heterocycles. The summed E-state index contributed by atoms with van der Waals surface area (Å²) in [5.41, 5.74) is 0.938. The topological polar surface area (TPSA) is 85.0 Å². The van der Waals surface area contributed by atoms with Gasteiger partial charge in [0.25, 0.3) is 6.47 Å². The number of aryl methyl sites for hydroxylation is 1. The van der Waals surface area contributed by atoms with Gasteiger partial charge in [0.05, 0.1) is 18.4 Å². The van der Waals surface area contributed by atoms with Crippen molar-refractivity contribution in [2.75, 3.05) is 40.5 Å². The van der Waals surface area contributed by atoms with E-state index >= 15 is 0 Å². The van der Waals surface area contributed by atoms with Gasteiger partial charge in [-0.15, -0.1) is 0 Å². The lowest BCUT2D eigenvalue weighted by molar-refractivity contribution is -0.122. The second kappa shape index (κ2) is 9.49. The monoisotopic (exact) mass is 300 g/mol. The number of ether oxygens (including phenoxy) is 2. The zero-order valence-electron chi connectivity index (χ0n) is 12.8. The lowest BCUT2D eigenvalue weighted by atomic mass is 10.0. The van der Waals surface area contributed by atoms with Crippen LogP contribution in [0.4, 0.5) is 0 Å². The lowest BCUT2D eigenvalue weighted by Crippen LogP contribution is -2.26. The highest BCUT2D eigenvalue weighted by molar-refractivity contribution is 5.32. The quantitative estimate of drug-likeness (QED) is 0.778. The Bertz CT molecular complexity index is 410. The minimum absolute atomic E-state index is 0.250. The van der Waals surface area contributed by atoms with Gasteiger partial charge in [-0.1, -0.05) is 5.16 Å². The molecule has 120 valence electrons. The second-order valence-electron chi connectivity index (χ2n) is 5.03. The number of hydrogen-bond donors (Lipinski definition) is 1. The molecule has 2 heterocycles. The Morgan fingerprint density at radius 2 is 2.24 bits per heavy atom. The SMILES string of the molecule is COCCN1C[C@@H](Cc2cc(C)no2)[C@@H](OC)C1.O=CO. The van der Waals surface area contributed by atoms with Crippen molar-refractivity contribution in [2.45, 2.75) is 19.4 Å². The van der Waals surface area contributed by atoms with Crippen molar-refractivity contribution in [3.63, 3.8) is 0 Å². The van der Waals surface area contributed by atoms with Gasteiger partial charge < -0.3 is 19.1 Å². The summed E-state index contributed by atoms with van der Waals surface area (Å²) < 4.78 is 16.0. The average Bonchev–Trinajstić information content (AvgIpc) is 3.04. The number of rotatable bonds is 6. The summed E-state index contributed by atoms with van der Waals surface area (Å²) in [5, 5.41) is 10.8. The normalized spacial score (nSPS) is 21.9. The molecule has 0 bridgehead atoms. The summed E-state index contributed by atoms with van der Waals surface area (Å²) in [4.78, 5) is 10.7. The molecule has 1 aromatic heterocycles. The van der Waals surface area contributed by atoms with E-state index in [0.717, 1.165) is 44.1 Å². The molecule has 0 aromatic carbocycles. The summed E-state index contributed by atoms with van der Waals surface area (Å²) >= 11 is 0. The largest absolute Gasteiger partial charge is 0.483 e. The molecule has 1 fully saturated rings. The van der Waals surface area contributed by atoms with Crippen molar-refractivity contribution in [2.24, 2.45) is 5.92 Å². The standard InChI is InChI=1S/C13H22N2O3.CH2O2/c1-10-6-12(18-14-10)7-11-8-15(4-5-16-2)9-13(11)17-3;2-1-3/h6,11,13H,4-5,7-9H2,1-3H3;1H,(H,2,3)/t11-,13+;/m1./s1. The molecule has 1 aromatic rings. The van der Waals surface area contributed by atoms with E-state index in [1.165, 1.54) is 0 Å². The van der Waals surface area contributed by atoms with Crippen molar-refractivity contribution in [1.82, 2.24) is 10.1 Å². The highest BCUT2D eigenvalue weighted by Crippen LogP contribution is 2.23. The maximum Gasteiger partial charge on any atom is 0.290 e. The Morgan fingerprint density at radius 1 is 1.52 bits per heavy atom. The summed E-state index contributed by atoms with van der Waals surface area (Å²) in [5.74, 6) is 1.42. The van der Waals surface area contributed by atoms with E-state index in [2.05, 4.69) is 10.1 Å². The van der Waals surface area contributed by atoms with Gasteiger partial charge in [0.15, 0.2) is 0 Å². The van der Waals surface area contributed by atoms with Crippen molar-refractivity contribution in [1.29, 1.82) is 0 Å². The molecule has 2 rings (SSSR count). The molecule has 2 atom stereocenters. The molecule has 7 nitrogen and oxygen atoms in total. The van der Waals surface area contributed by atoms with Gasteiger partial charge >= 0.3 is 0 Å². The van der Waals surface area contributed by atoms with E-state index in [-0.39, 0.29) is 12.6 Å². The lowest BCUT2D eigenvalue weighted by Gasteiger charge is -2.14. The predicted octanol–water partition coefficient (Wildman–Crippen LogP) is 0.820. The molecule has 21 heavy (non-hydrogen) atoms. The van der Waals surface area contributed by atoms with Crippen LogP contribution in [0.1, 0.15) is 11.5 Å². The van der Waals surface area contributed by atoms with Crippen LogP contribution in [0.15, 0.2) is 10.6 Å². The zero-order valence-corrected chi connectivity index (χ0v) is 12.8. The first-order valence-electron chi connectivity index (χ1n) is 6.88. The number of nitrogens with zero attached hydrogens (tertiary/aromatic N) is 2. The third kappa shape index (κ3) is 5.82. The van der Waals surface area contributed by atoms with Gasteiger partial charge in [-0.05, 0) is 6.92 Å². The maximum absolute atomic E-state index is 8.36. The van der Waals surface area contributed by atoms with Gasteiger partial charge in [0.2, 0.25) is 0 Å². The second-order valence-corrected chi connectivity index (χ2v) is 5.03. The summed E-state index contributed by atoms with van der Waals surface area (Å²) in [7, 11) is 3.52. The molecule has 0 saturated carbocycles. The van der Waals surface area contributed by atoms with Gasteiger partial charge in [-0.2, -0.15) is 0 Å². The van der Waals surface area contributed by atoms with Crippen LogP contribution in [0.25, 0.3) is 0 Å². The Morgan fingerprint density at radius 3 is 2.76 bits per heavy atom. The fourth-order valence-corrected chi connectivity index (χ4v) is 2.56. The Balaban J connectivity index is 0.000000677. The fourth-order valence-electron chi connectivity index (χ4n) is 2.56. The molecule has 0 unspecified atom stereocenters. The molecular formula is C14H24N2O5. The molecule has 0 aliphatic carbocycles. The number of aromatic nitrogens is 1. The molecule has 0 radical (unpaired) electrons. The minimum atomic E-state index is -0.250. The predicted molar refractivity (Wildman–Crippen MR) is 76.2 cm³/mol. The Hall–Kier alpha value is -1.44. The van der Waals surface area contributed by atoms with Gasteiger partial charge in [0.1, 0.15) is 5.76 Å². The van der Waals surface area contributed by atoms with Crippen LogP contribution in [-0.2, 0) is 20.7 Å². The van der Waals surface area contributed by atoms with Crippen LogP contribution < -0.4 is 0 Å². The highest BCUT2D eigenvalue weighted by Gasteiger charge is 2.33. The van der Waals surface area contributed by atoms with E-state index in [0.29, 0.717) is 5.92 Å². The van der Waals surface area contributed by atoms with E-state index in [1.807, 2.05) is 13.0 Å². The number of carbonyl (C=O) groups is 1. The molecule has 0 spiro atoms. The Kier molecular flexibility index (Phi) is 7.96. The van der Waals surface area contributed by atoms with Gasteiger partial charge in [0, 0.05) is 52.3 Å². The van der Waals surface area contributed by atoms with Crippen molar-refractivity contribution in [3.05, 3.63) is 17.5 Å². The average molecular weight is 300 g/mol. The van der Waals surface area contributed by atoms with Gasteiger partial charge in [-0.25, -0.2) is 0 Å². The minimum Gasteiger partial charge on any atom is -0.483 e. The van der Waals surface area contributed by atoms with Crippen molar-refractivity contribution in [3.8, 4) is 0 Å². The molecular weight excluding hydrogens is 276 g/mol. The van der Waals surface area contributed by atoms with Crippen LogP contribution in [0, 0.1) is 12.8 Å². The molecule has 1 aliphatic rings. The summed E-state index contributed by atoms with van der Waals surface area (Å²) in [6, 6.07) is 2.00. The first-order valence-corrected chi connectivity index (χ1v) is 6.88. The van der Waals surface area contributed by atoms with E-state index < -0.39 is 0 Å². The smallest absolute Gasteiger partial charge is 0.290 e. The van der Waals surface area contributed by atoms with Crippen molar-refractivity contribution >= 4 is 6.47 Å². The van der Waals surface area contributed by atoms with Crippen LogP contribution in [0.2, 0.25) is 0 Å². The maximum atomic E-state index is 8.36. The Labute approximate surface area is 124 Å². The number of carboxylic acid groups (broad SMARTS) is 1. The van der Waals surface area contributed by atoms with Crippen LogP contribution >= 0.6 is 0 Å². The molecule has 7 heteroatoms. The summed E-state index contributed by atoms with van der Waals surface area (Å²) in [6.45, 7) is 5.42. The first-order chi connectivity index (χ1) is 10.1. The fraction of sp³-hybridized carbons (Fsp3) is 0.714. The molecule has 1 saturated heterocycles. The van der Waals surface area contributed by atoms with Crippen molar-refractivity contribution < 1.29 is 23.9 Å². The van der Waals surface area contributed by atoms with Crippen LogP contribution in [0.5, 0.6) is 0 Å². The number of hydrogen-bond acceptors (Lipinski definition) is 6. The van der Waals surface area contributed by atoms with Crippen LogP contribution in [0.3, 0.4) is 0 Å². The van der Waals surface area contributed by atoms with E-state index in [9.17, 15) is 0 Å². The number of likely N-dealkylation sites (tertiary alicyclic amines) is 1. The molecule has 0 amide bonds. The first kappa shape index (κ1) is 17.6. The van der Waals surface area contributed by atoms with Crippen LogP contribution in [-0.4, -0.2) is 68.2 Å². The van der Waals surface area contributed by atoms with E-state index in [4.69, 9.17) is 23.9 Å². The molecule has 1 N–H and O–H groups in total.